The summed E-state index contributed by atoms with van der Waals surface area (Å²) < 4.78 is 0. The number of aliphatic hydroxyl groups is 1. The molecule has 1 heterocycles. The van der Waals surface area contributed by atoms with Crippen LogP contribution in [-0.4, -0.2) is 34.6 Å². The van der Waals surface area contributed by atoms with Crippen molar-refractivity contribution in [2.24, 2.45) is 23.7 Å². The molecule has 0 aromatic heterocycles. The highest BCUT2D eigenvalue weighted by Crippen LogP contribution is 2.51. The minimum Gasteiger partial charge on any atom is -0.390 e. The average molecular weight is 341 g/mol. The Labute approximate surface area is 151 Å². The van der Waals surface area contributed by atoms with Gasteiger partial charge in [0.2, 0.25) is 0 Å². The van der Waals surface area contributed by atoms with Gasteiger partial charge in [0, 0.05) is 18.7 Å². The van der Waals surface area contributed by atoms with E-state index in [0.29, 0.717) is 6.42 Å². The van der Waals surface area contributed by atoms with Crippen LogP contribution in [0.1, 0.15) is 61.9 Å². The van der Waals surface area contributed by atoms with Crippen LogP contribution in [0.4, 0.5) is 0 Å². The van der Waals surface area contributed by atoms with E-state index >= 15 is 0 Å². The van der Waals surface area contributed by atoms with Crippen molar-refractivity contribution in [1.29, 1.82) is 0 Å². The summed E-state index contributed by atoms with van der Waals surface area (Å²) in [5.74, 6) is 3.46. The van der Waals surface area contributed by atoms with Gasteiger partial charge in [-0.05, 0) is 93.7 Å². The Morgan fingerprint density at radius 3 is 2.28 bits per heavy atom. The van der Waals surface area contributed by atoms with Gasteiger partial charge in [-0.1, -0.05) is 12.1 Å². The standard InChI is InChI=1S/C22H31NO2/c1-22(2,25)11-10-15-4-3-5-18(12-15)21(24)23-13-19-16-6-7-17(9-8-16)20(19)14-23/h3-5,12,16-17,19-20,25H,6-11,13-14H2,1-2H3/t16?,17?,19-,20+. The second-order valence-electron chi connectivity index (χ2n) is 9.23. The summed E-state index contributed by atoms with van der Waals surface area (Å²) in [7, 11) is 0. The van der Waals surface area contributed by atoms with Crippen molar-refractivity contribution in [3.8, 4) is 0 Å². The summed E-state index contributed by atoms with van der Waals surface area (Å²) in [6.45, 7) is 5.61. The molecule has 3 nitrogen and oxygen atoms in total. The van der Waals surface area contributed by atoms with Crippen LogP contribution in [0.5, 0.6) is 0 Å². The maximum Gasteiger partial charge on any atom is 0.253 e. The van der Waals surface area contributed by atoms with E-state index in [1.165, 1.54) is 25.7 Å². The van der Waals surface area contributed by atoms with Gasteiger partial charge in [0.1, 0.15) is 0 Å². The molecule has 1 aromatic rings. The number of hydrogen-bond acceptors (Lipinski definition) is 2. The van der Waals surface area contributed by atoms with Crippen molar-refractivity contribution in [2.45, 2.75) is 58.0 Å². The van der Waals surface area contributed by atoms with Crippen molar-refractivity contribution in [3.05, 3.63) is 35.4 Å². The number of carbonyl (C=O) groups is 1. The highest BCUT2D eigenvalue weighted by molar-refractivity contribution is 5.94. The molecule has 4 aliphatic rings. The van der Waals surface area contributed by atoms with Crippen molar-refractivity contribution in [3.63, 3.8) is 0 Å². The van der Waals surface area contributed by atoms with Crippen LogP contribution in [0.3, 0.4) is 0 Å². The lowest BCUT2D eigenvalue weighted by molar-refractivity contribution is 0.0577. The second-order valence-corrected chi connectivity index (χ2v) is 9.23. The molecule has 1 aromatic carbocycles. The molecule has 5 rings (SSSR count). The number of likely N-dealkylation sites (tertiary alicyclic amines) is 1. The van der Waals surface area contributed by atoms with E-state index in [0.717, 1.165) is 54.3 Å². The summed E-state index contributed by atoms with van der Waals surface area (Å²) in [5.41, 5.74) is 1.30. The number of aryl methyl sites for hydroxylation is 1. The van der Waals surface area contributed by atoms with E-state index in [1.807, 2.05) is 32.0 Å². The minimum absolute atomic E-state index is 0.207. The minimum atomic E-state index is -0.663. The number of fused-ring (bicyclic) bond motifs is 2. The third-order valence-electron chi connectivity index (χ3n) is 6.93. The smallest absolute Gasteiger partial charge is 0.253 e. The molecule has 1 aliphatic heterocycles. The molecule has 3 saturated carbocycles. The van der Waals surface area contributed by atoms with Crippen molar-refractivity contribution in [1.82, 2.24) is 4.90 Å². The fourth-order valence-electron chi connectivity index (χ4n) is 5.51. The first kappa shape index (κ1) is 17.1. The zero-order valence-electron chi connectivity index (χ0n) is 15.6. The van der Waals surface area contributed by atoms with Crippen LogP contribution in [0.25, 0.3) is 0 Å². The molecule has 1 amide bonds. The Hall–Kier alpha value is -1.35. The third kappa shape index (κ3) is 3.48. The average Bonchev–Trinajstić information content (AvgIpc) is 3.07. The first-order valence-electron chi connectivity index (χ1n) is 10.0. The van der Waals surface area contributed by atoms with Crippen molar-refractivity contribution >= 4 is 5.91 Å². The highest BCUT2D eigenvalue weighted by atomic mass is 16.3. The lowest BCUT2D eigenvalue weighted by Crippen LogP contribution is -2.38. The van der Waals surface area contributed by atoms with E-state index in [2.05, 4.69) is 11.0 Å². The number of rotatable bonds is 4. The van der Waals surface area contributed by atoms with E-state index < -0.39 is 5.60 Å². The lowest BCUT2D eigenvalue weighted by atomic mass is 9.60. The number of carbonyl (C=O) groups excluding carboxylic acids is 1. The summed E-state index contributed by atoms with van der Waals surface area (Å²) in [5, 5.41) is 9.93. The van der Waals surface area contributed by atoms with E-state index in [9.17, 15) is 9.90 Å². The predicted molar refractivity (Wildman–Crippen MR) is 99.4 cm³/mol. The Bertz CT molecular complexity index is 620. The van der Waals surface area contributed by atoms with Crippen LogP contribution < -0.4 is 0 Å². The first-order chi connectivity index (χ1) is 11.9. The Kier molecular flexibility index (Phi) is 4.39. The van der Waals surface area contributed by atoms with Gasteiger partial charge in [0.25, 0.3) is 5.91 Å². The molecular formula is C22H31NO2. The molecule has 1 saturated heterocycles. The molecule has 0 unspecified atom stereocenters. The Balaban J connectivity index is 1.45. The summed E-state index contributed by atoms with van der Waals surface area (Å²) in [4.78, 5) is 15.2. The molecule has 3 aliphatic carbocycles. The van der Waals surface area contributed by atoms with Gasteiger partial charge in [-0.15, -0.1) is 0 Å². The van der Waals surface area contributed by atoms with Crippen LogP contribution in [-0.2, 0) is 6.42 Å². The SMILES string of the molecule is CC(C)(O)CCc1cccc(C(=O)N2C[C@@H]3C4CCC(CC4)[C@@H]3C2)c1. The maximum absolute atomic E-state index is 13.1. The first-order valence-corrected chi connectivity index (χ1v) is 10.0. The number of nitrogens with zero attached hydrogens (tertiary/aromatic N) is 1. The van der Waals surface area contributed by atoms with Crippen LogP contribution >= 0.6 is 0 Å². The second kappa shape index (κ2) is 6.42. The molecule has 0 radical (unpaired) electrons. The molecule has 3 heteroatoms. The van der Waals surface area contributed by atoms with E-state index in [4.69, 9.17) is 0 Å². The summed E-state index contributed by atoms with van der Waals surface area (Å²) >= 11 is 0. The topological polar surface area (TPSA) is 40.5 Å². The van der Waals surface area contributed by atoms with Crippen LogP contribution in [0.2, 0.25) is 0 Å². The van der Waals surface area contributed by atoms with Crippen LogP contribution in [0, 0.1) is 23.7 Å². The zero-order chi connectivity index (χ0) is 17.6. The number of amides is 1. The van der Waals surface area contributed by atoms with Crippen molar-refractivity contribution < 1.29 is 9.90 Å². The van der Waals surface area contributed by atoms with Gasteiger partial charge in [-0.2, -0.15) is 0 Å². The normalized spacial score (nSPS) is 31.2. The molecule has 25 heavy (non-hydrogen) atoms. The highest BCUT2D eigenvalue weighted by Gasteiger charge is 2.49. The van der Waals surface area contributed by atoms with Crippen LogP contribution in [0.15, 0.2) is 24.3 Å². The number of hydrogen-bond donors (Lipinski definition) is 1. The fourth-order valence-corrected chi connectivity index (χ4v) is 5.51. The maximum atomic E-state index is 13.1. The molecular weight excluding hydrogens is 310 g/mol. The van der Waals surface area contributed by atoms with Gasteiger partial charge < -0.3 is 10.0 Å². The lowest BCUT2D eigenvalue weighted by Gasteiger charge is -2.44. The third-order valence-corrected chi connectivity index (χ3v) is 6.93. The van der Waals surface area contributed by atoms with Crippen molar-refractivity contribution in [2.75, 3.05) is 13.1 Å². The molecule has 0 spiro atoms. The van der Waals surface area contributed by atoms with Gasteiger partial charge in [0.15, 0.2) is 0 Å². The monoisotopic (exact) mass is 341 g/mol. The van der Waals surface area contributed by atoms with Gasteiger partial charge in [0.05, 0.1) is 5.60 Å². The predicted octanol–water partition coefficient (Wildman–Crippen LogP) is 3.90. The van der Waals surface area contributed by atoms with E-state index in [-0.39, 0.29) is 5.91 Å². The molecule has 1 N–H and O–H groups in total. The Morgan fingerprint density at radius 2 is 1.72 bits per heavy atom. The Morgan fingerprint density at radius 1 is 1.12 bits per heavy atom. The molecule has 136 valence electrons. The fraction of sp³-hybridized carbons (Fsp3) is 0.682. The summed E-state index contributed by atoms with van der Waals surface area (Å²) in [6.07, 6.45) is 7.07. The molecule has 4 fully saturated rings. The molecule has 2 bridgehead atoms. The van der Waals surface area contributed by atoms with Gasteiger partial charge in [-0.25, -0.2) is 0 Å². The summed E-state index contributed by atoms with van der Waals surface area (Å²) in [6, 6.07) is 8.03. The largest absolute Gasteiger partial charge is 0.390 e. The number of benzene rings is 1. The van der Waals surface area contributed by atoms with Gasteiger partial charge in [-0.3, -0.25) is 4.79 Å². The molecule has 2 atom stereocenters. The zero-order valence-corrected chi connectivity index (χ0v) is 15.6. The van der Waals surface area contributed by atoms with E-state index in [1.54, 1.807) is 0 Å². The quantitative estimate of drug-likeness (QED) is 0.902. The van der Waals surface area contributed by atoms with Gasteiger partial charge >= 0.3 is 0 Å².